The van der Waals surface area contributed by atoms with Gasteiger partial charge in [0.25, 0.3) is 0 Å². The van der Waals surface area contributed by atoms with E-state index in [9.17, 15) is 13.2 Å². The molecule has 0 saturated carbocycles. The van der Waals surface area contributed by atoms with Crippen molar-refractivity contribution < 1.29 is 17.9 Å². The molecule has 0 radical (unpaired) electrons. The van der Waals surface area contributed by atoms with Crippen LogP contribution < -0.4 is 15.4 Å². The van der Waals surface area contributed by atoms with Crippen molar-refractivity contribution in [1.82, 2.24) is 0 Å². The first-order valence-corrected chi connectivity index (χ1v) is 9.65. The lowest BCUT2D eigenvalue weighted by Crippen LogP contribution is -2.22. The largest absolute Gasteiger partial charge is 0.495 e. The maximum Gasteiger partial charge on any atom is 0.243 e. The highest BCUT2D eigenvalue weighted by atomic mass is 35.5. The van der Waals surface area contributed by atoms with Crippen molar-refractivity contribution in [2.24, 2.45) is 0 Å². The number of hydrogen-bond acceptors (Lipinski definition) is 5. The summed E-state index contributed by atoms with van der Waals surface area (Å²) in [6.45, 7) is 1.88. The summed E-state index contributed by atoms with van der Waals surface area (Å²) >= 11 is 6.05. The van der Waals surface area contributed by atoms with Gasteiger partial charge in [0.1, 0.15) is 5.75 Å². The molecule has 0 atom stereocenters. The van der Waals surface area contributed by atoms with E-state index in [1.54, 1.807) is 24.3 Å². The molecule has 0 saturated heterocycles. The van der Waals surface area contributed by atoms with E-state index in [0.29, 0.717) is 22.1 Å². The molecule has 0 bridgehead atoms. The zero-order valence-electron chi connectivity index (χ0n) is 14.1. The van der Waals surface area contributed by atoms with Crippen LogP contribution in [0, 0.1) is 6.92 Å². The van der Waals surface area contributed by atoms with Gasteiger partial charge in [0.15, 0.2) is 9.84 Å². The van der Waals surface area contributed by atoms with Gasteiger partial charge >= 0.3 is 0 Å². The van der Waals surface area contributed by atoms with Crippen LogP contribution in [0.5, 0.6) is 5.75 Å². The van der Waals surface area contributed by atoms with Gasteiger partial charge in [-0.3, -0.25) is 4.79 Å². The third-order valence-electron chi connectivity index (χ3n) is 3.49. The van der Waals surface area contributed by atoms with Crippen molar-refractivity contribution in [3.05, 3.63) is 47.0 Å². The summed E-state index contributed by atoms with van der Waals surface area (Å²) in [6, 6.07) is 9.47. The van der Waals surface area contributed by atoms with Crippen LogP contribution in [0.2, 0.25) is 5.02 Å². The number of carbonyl (C=O) groups excluding carboxylic acids is 1. The third-order valence-corrected chi connectivity index (χ3v) is 5.02. The summed E-state index contributed by atoms with van der Waals surface area (Å²) in [6.07, 6.45) is 1.13. The minimum atomic E-state index is -3.26. The standard InChI is InChI=1S/C17H19ClN2O4S/c1-11-8-15(16(24-2)9-14(11)18)19-10-17(21)20-12-4-6-13(7-5-12)25(3,22)23/h4-9,19H,10H2,1-3H3,(H,20,21). The number of hydrogen-bond donors (Lipinski definition) is 2. The van der Waals surface area contributed by atoms with E-state index >= 15 is 0 Å². The van der Waals surface area contributed by atoms with Gasteiger partial charge in [-0.25, -0.2) is 8.42 Å². The Morgan fingerprint density at radius 3 is 2.40 bits per heavy atom. The molecule has 0 aliphatic heterocycles. The van der Waals surface area contributed by atoms with Crippen LogP contribution in [0.25, 0.3) is 0 Å². The Kier molecular flexibility index (Phi) is 5.92. The van der Waals surface area contributed by atoms with E-state index in [4.69, 9.17) is 16.3 Å². The molecular formula is C17H19ClN2O4S. The van der Waals surface area contributed by atoms with Gasteiger partial charge < -0.3 is 15.4 Å². The highest BCUT2D eigenvalue weighted by molar-refractivity contribution is 7.90. The number of ether oxygens (including phenoxy) is 1. The van der Waals surface area contributed by atoms with E-state index in [-0.39, 0.29) is 17.3 Å². The lowest BCUT2D eigenvalue weighted by Gasteiger charge is -2.13. The Morgan fingerprint density at radius 1 is 1.20 bits per heavy atom. The molecule has 1 amide bonds. The summed E-state index contributed by atoms with van der Waals surface area (Å²) in [7, 11) is -1.74. The van der Waals surface area contributed by atoms with Crippen LogP contribution in [0.4, 0.5) is 11.4 Å². The van der Waals surface area contributed by atoms with Crippen LogP contribution in [-0.4, -0.2) is 34.2 Å². The normalized spacial score (nSPS) is 11.0. The Balaban J connectivity index is 2.01. The summed E-state index contributed by atoms with van der Waals surface area (Å²) in [5.74, 6) is 0.266. The molecule has 6 nitrogen and oxygen atoms in total. The average Bonchev–Trinajstić information content (AvgIpc) is 2.55. The molecule has 2 aromatic rings. The predicted molar refractivity (Wildman–Crippen MR) is 99.4 cm³/mol. The van der Waals surface area contributed by atoms with Crippen molar-refractivity contribution in [1.29, 1.82) is 0 Å². The molecule has 2 aromatic carbocycles. The maximum absolute atomic E-state index is 12.1. The molecular weight excluding hydrogens is 364 g/mol. The predicted octanol–water partition coefficient (Wildman–Crippen LogP) is 3.11. The second kappa shape index (κ2) is 7.76. The van der Waals surface area contributed by atoms with Crippen LogP contribution in [0.1, 0.15) is 5.56 Å². The van der Waals surface area contributed by atoms with Crippen LogP contribution in [-0.2, 0) is 14.6 Å². The molecule has 2 N–H and O–H groups in total. The van der Waals surface area contributed by atoms with Gasteiger partial charge in [-0.1, -0.05) is 11.6 Å². The van der Waals surface area contributed by atoms with E-state index in [2.05, 4.69) is 10.6 Å². The molecule has 0 aliphatic carbocycles. The summed E-state index contributed by atoms with van der Waals surface area (Å²) in [5, 5.41) is 6.27. The molecule has 0 aliphatic rings. The molecule has 0 fully saturated rings. The number of carbonyl (C=O) groups is 1. The molecule has 25 heavy (non-hydrogen) atoms. The fourth-order valence-corrected chi connectivity index (χ4v) is 2.92. The number of anilines is 2. The monoisotopic (exact) mass is 382 g/mol. The smallest absolute Gasteiger partial charge is 0.243 e. The topological polar surface area (TPSA) is 84.5 Å². The van der Waals surface area contributed by atoms with Gasteiger partial charge in [0.2, 0.25) is 5.91 Å². The van der Waals surface area contributed by atoms with Gasteiger partial charge in [-0.15, -0.1) is 0 Å². The fourth-order valence-electron chi connectivity index (χ4n) is 2.14. The number of rotatable bonds is 6. The van der Waals surface area contributed by atoms with Crippen LogP contribution >= 0.6 is 11.6 Å². The van der Waals surface area contributed by atoms with Crippen molar-refractivity contribution in [3.8, 4) is 5.75 Å². The molecule has 2 rings (SSSR count). The molecule has 0 aromatic heterocycles. The number of sulfone groups is 1. The number of methoxy groups -OCH3 is 1. The first-order valence-electron chi connectivity index (χ1n) is 7.38. The van der Waals surface area contributed by atoms with Crippen LogP contribution in [0.15, 0.2) is 41.3 Å². The maximum atomic E-state index is 12.1. The third kappa shape index (κ3) is 5.11. The van der Waals surface area contributed by atoms with Gasteiger partial charge in [0, 0.05) is 23.0 Å². The van der Waals surface area contributed by atoms with Gasteiger partial charge in [0.05, 0.1) is 24.2 Å². The van der Waals surface area contributed by atoms with Crippen molar-refractivity contribution >= 4 is 38.7 Å². The minimum absolute atomic E-state index is 0.0191. The lowest BCUT2D eigenvalue weighted by atomic mass is 10.2. The molecule has 134 valence electrons. The fraction of sp³-hybridized carbons (Fsp3) is 0.235. The molecule has 8 heteroatoms. The Labute approximate surface area is 152 Å². The van der Waals surface area contributed by atoms with Crippen molar-refractivity contribution in [2.75, 3.05) is 30.5 Å². The Morgan fingerprint density at radius 2 is 1.84 bits per heavy atom. The lowest BCUT2D eigenvalue weighted by molar-refractivity contribution is -0.114. The zero-order valence-corrected chi connectivity index (χ0v) is 15.7. The molecule has 0 spiro atoms. The quantitative estimate of drug-likeness (QED) is 0.801. The minimum Gasteiger partial charge on any atom is -0.495 e. The van der Waals surface area contributed by atoms with Crippen molar-refractivity contribution in [2.45, 2.75) is 11.8 Å². The van der Waals surface area contributed by atoms with Gasteiger partial charge in [-0.05, 0) is 42.8 Å². The second-order valence-electron chi connectivity index (χ2n) is 5.50. The van der Waals surface area contributed by atoms with Crippen LogP contribution in [0.3, 0.4) is 0 Å². The first-order chi connectivity index (χ1) is 11.7. The molecule has 0 unspecified atom stereocenters. The first kappa shape index (κ1) is 19.1. The Hall–Kier alpha value is -2.25. The Bertz CT molecular complexity index is 880. The number of aryl methyl sites for hydroxylation is 1. The SMILES string of the molecule is COc1cc(Cl)c(C)cc1NCC(=O)Nc1ccc(S(C)(=O)=O)cc1. The summed E-state index contributed by atoms with van der Waals surface area (Å²) in [4.78, 5) is 12.3. The molecule has 0 heterocycles. The van der Waals surface area contributed by atoms with E-state index in [1.165, 1.54) is 19.2 Å². The zero-order chi connectivity index (χ0) is 18.6. The van der Waals surface area contributed by atoms with Crippen molar-refractivity contribution in [3.63, 3.8) is 0 Å². The number of nitrogens with one attached hydrogen (secondary N) is 2. The number of halogens is 1. The van der Waals surface area contributed by atoms with Gasteiger partial charge in [-0.2, -0.15) is 0 Å². The summed E-state index contributed by atoms with van der Waals surface area (Å²) in [5.41, 5.74) is 2.03. The summed E-state index contributed by atoms with van der Waals surface area (Å²) < 4.78 is 28.1. The highest BCUT2D eigenvalue weighted by Gasteiger charge is 2.10. The average molecular weight is 383 g/mol. The van der Waals surface area contributed by atoms with E-state index < -0.39 is 9.84 Å². The van der Waals surface area contributed by atoms with E-state index in [1.807, 2.05) is 6.92 Å². The highest BCUT2D eigenvalue weighted by Crippen LogP contribution is 2.30. The number of benzene rings is 2. The van der Waals surface area contributed by atoms with E-state index in [0.717, 1.165) is 11.8 Å². The number of amides is 1. The second-order valence-corrected chi connectivity index (χ2v) is 7.92.